The van der Waals surface area contributed by atoms with Crippen molar-refractivity contribution in [3.63, 3.8) is 0 Å². The summed E-state index contributed by atoms with van der Waals surface area (Å²) in [6.45, 7) is 2.81. The van der Waals surface area contributed by atoms with Crippen LogP contribution in [0.15, 0.2) is 24.3 Å². The molecule has 0 aromatic carbocycles. The van der Waals surface area contributed by atoms with Crippen molar-refractivity contribution in [2.45, 2.75) is 274 Å². The molecule has 0 bridgehead atoms. The van der Waals surface area contributed by atoms with Gasteiger partial charge in [0.25, 0.3) is 0 Å². The first-order valence-corrected chi connectivity index (χ1v) is 26.1. The highest BCUT2D eigenvalue weighted by atomic mass is 16.7. The molecule has 2 aliphatic rings. The van der Waals surface area contributed by atoms with Gasteiger partial charge in [0.05, 0.1) is 32.0 Å². The maximum absolute atomic E-state index is 13.2. The van der Waals surface area contributed by atoms with E-state index in [2.05, 4.69) is 43.5 Å². The van der Waals surface area contributed by atoms with Crippen LogP contribution < -0.4 is 5.32 Å². The monoisotopic (exact) mass is 930 g/mol. The second kappa shape index (κ2) is 38.3. The molecule has 0 radical (unpaired) electrons. The highest BCUT2D eigenvalue weighted by Crippen LogP contribution is 2.30. The van der Waals surface area contributed by atoms with Crippen molar-refractivity contribution in [3.05, 3.63) is 24.3 Å². The zero-order valence-corrected chi connectivity index (χ0v) is 40.5. The van der Waals surface area contributed by atoms with Crippen LogP contribution in [0.3, 0.4) is 0 Å². The van der Waals surface area contributed by atoms with Gasteiger partial charge in [-0.05, 0) is 44.9 Å². The zero-order valence-electron chi connectivity index (χ0n) is 40.5. The Labute approximate surface area is 392 Å². The lowest BCUT2D eigenvalue weighted by atomic mass is 9.97. The van der Waals surface area contributed by atoms with E-state index < -0.39 is 86.8 Å². The lowest BCUT2D eigenvalue weighted by Gasteiger charge is -2.46. The Morgan fingerprint density at radius 1 is 0.554 bits per heavy atom. The van der Waals surface area contributed by atoms with E-state index in [9.17, 15) is 45.6 Å². The standard InChI is InChI=1S/C51H95NO13/c1-3-5-7-9-11-13-15-17-18-19-20-21-22-23-25-27-29-31-33-35-43(56)52-39(40(55)34-32-30-28-26-24-16-14-12-10-8-6-4-2)38-62-50-48(61)46(59)49(42(37-54)64-50)65-51-47(60)45(58)44(57)41(36-53)63-51/h11,13,17-18,39-42,44-51,53-55,57-61H,3-10,12,14-16,19-38H2,1-2H3,(H,52,56)/b13-11-,18-17-. The Morgan fingerprint density at radius 3 is 1.57 bits per heavy atom. The summed E-state index contributed by atoms with van der Waals surface area (Å²) < 4.78 is 22.7. The van der Waals surface area contributed by atoms with E-state index in [0.29, 0.717) is 12.8 Å². The average molecular weight is 930 g/mol. The Morgan fingerprint density at radius 2 is 1.02 bits per heavy atom. The second-order valence-electron chi connectivity index (χ2n) is 18.7. The largest absolute Gasteiger partial charge is 0.394 e. The number of unbranched alkanes of at least 4 members (excludes halogenated alkanes) is 23. The molecule has 0 spiro atoms. The summed E-state index contributed by atoms with van der Waals surface area (Å²) in [4.78, 5) is 13.2. The molecule has 0 aromatic rings. The number of hydrogen-bond donors (Lipinski definition) is 9. The number of rotatable bonds is 40. The molecule has 2 saturated heterocycles. The lowest BCUT2D eigenvalue weighted by Crippen LogP contribution is -2.65. The first-order chi connectivity index (χ1) is 31.6. The van der Waals surface area contributed by atoms with Crippen molar-refractivity contribution in [1.29, 1.82) is 0 Å². The number of ether oxygens (including phenoxy) is 4. The topological polar surface area (TPSA) is 228 Å². The molecule has 382 valence electrons. The summed E-state index contributed by atoms with van der Waals surface area (Å²) in [5.74, 6) is -0.212. The van der Waals surface area contributed by atoms with Gasteiger partial charge < -0.3 is 65.1 Å². The van der Waals surface area contributed by atoms with Crippen LogP contribution in [0, 0.1) is 0 Å². The van der Waals surface area contributed by atoms with Gasteiger partial charge in [-0.15, -0.1) is 0 Å². The normalized spacial score (nSPS) is 27.2. The third-order valence-corrected chi connectivity index (χ3v) is 12.9. The van der Waals surface area contributed by atoms with Crippen LogP contribution in [0.2, 0.25) is 0 Å². The molecular weight excluding hydrogens is 835 g/mol. The van der Waals surface area contributed by atoms with E-state index in [4.69, 9.17) is 18.9 Å². The Kier molecular flexibility index (Phi) is 35.1. The SMILES string of the molecule is CCCCC/C=C\C/C=C\CCCCCCCCCCCC(=O)NC(COC1OC(CO)C(OC2OC(CO)C(O)C(O)C2O)C(O)C1O)C(O)CCCCCCCCCCCCCC. The molecule has 0 saturated carbocycles. The molecular formula is C51H95NO13. The van der Waals surface area contributed by atoms with Crippen LogP contribution in [0.4, 0.5) is 0 Å². The molecule has 2 aliphatic heterocycles. The van der Waals surface area contributed by atoms with E-state index in [-0.39, 0.29) is 12.5 Å². The molecule has 0 aromatic heterocycles. The molecule has 2 rings (SSSR count). The van der Waals surface area contributed by atoms with Crippen LogP contribution in [0.1, 0.15) is 200 Å². The van der Waals surface area contributed by atoms with Crippen molar-refractivity contribution in [1.82, 2.24) is 5.32 Å². The molecule has 14 heteroatoms. The minimum Gasteiger partial charge on any atom is -0.394 e. The molecule has 2 heterocycles. The van der Waals surface area contributed by atoms with Crippen molar-refractivity contribution >= 4 is 5.91 Å². The lowest BCUT2D eigenvalue weighted by molar-refractivity contribution is -0.359. The van der Waals surface area contributed by atoms with Gasteiger partial charge in [0.1, 0.15) is 48.8 Å². The van der Waals surface area contributed by atoms with Gasteiger partial charge >= 0.3 is 0 Å². The Bertz CT molecular complexity index is 1190. The fourth-order valence-corrected chi connectivity index (χ4v) is 8.62. The van der Waals surface area contributed by atoms with Crippen molar-refractivity contribution in [3.8, 4) is 0 Å². The molecule has 9 N–H and O–H groups in total. The van der Waals surface area contributed by atoms with Gasteiger partial charge in [0.2, 0.25) is 5.91 Å². The van der Waals surface area contributed by atoms with Crippen molar-refractivity contribution in [2.24, 2.45) is 0 Å². The number of allylic oxidation sites excluding steroid dienone is 4. The third kappa shape index (κ3) is 25.6. The second-order valence-corrected chi connectivity index (χ2v) is 18.7. The summed E-state index contributed by atoms with van der Waals surface area (Å²) in [6.07, 6.45) is 24.6. The van der Waals surface area contributed by atoms with Gasteiger partial charge in [-0.3, -0.25) is 4.79 Å². The first-order valence-electron chi connectivity index (χ1n) is 26.1. The predicted octanol–water partition coefficient (Wildman–Crippen LogP) is 6.94. The van der Waals surface area contributed by atoms with E-state index in [1.807, 2.05) is 0 Å². The first kappa shape index (κ1) is 59.6. The molecule has 0 aliphatic carbocycles. The van der Waals surface area contributed by atoms with Crippen LogP contribution in [-0.4, -0.2) is 140 Å². The maximum Gasteiger partial charge on any atom is 0.220 e. The van der Waals surface area contributed by atoms with Gasteiger partial charge in [-0.1, -0.05) is 173 Å². The highest BCUT2D eigenvalue weighted by Gasteiger charge is 2.51. The number of aliphatic hydroxyl groups is 8. The fourth-order valence-electron chi connectivity index (χ4n) is 8.62. The molecule has 1 amide bonds. The van der Waals surface area contributed by atoms with E-state index in [1.54, 1.807) is 0 Å². The number of amides is 1. The predicted molar refractivity (Wildman–Crippen MR) is 254 cm³/mol. The number of hydrogen-bond acceptors (Lipinski definition) is 13. The minimum atomic E-state index is -1.78. The van der Waals surface area contributed by atoms with E-state index in [1.165, 1.54) is 109 Å². The number of nitrogens with one attached hydrogen (secondary N) is 1. The highest BCUT2D eigenvalue weighted by molar-refractivity contribution is 5.76. The van der Waals surface area contributed by atoms with E-state index in [0.717, 1.165) is 64.2 Å². The van der Waals surface area contributed by atoms with Crippen LogP contribution in [0.5, 0.6) is 0 Å². The average Bonchev–Trinajstić information content (AvgIpc) is 3.30. The molecule has 2 fully saturated rings. The third-order valence-electron chi connectivity index (χ3n) is 12.9. The van der Waals surface area contributed by atoms with Crippen molar-refractivity contribution < 1.29 is 64.6 Å². The van der Waals surface area contributed by atoms with Crippen LogP contribution in [0.25, 0.3) is 0 Å². The molecule has 14 nitrogen and oxygen atoms in total. The fraction of sp³-hybridized carbons (Fsp3) is 0.902. The summed E-state index contributed by atoms with van der Waals surface area (Å²) in [5.41, 5.74) is 0. The van der Waals surface area contributed by atoms with Crippen LogP contribution in [-0.2, 0) is 23.7 Å². The zero-order chi connectivity index (χ0) is 47.5. The van der Waals surface area contributed by atoms with Crippen LogP contribution >= 0.6 is 0 Å². The smallest absolute Gasteiger partial charge is 0.220 e. The summed E-state index contributed by atoms with van der Waals surface area (Å²) in [5, 5.41) is 86.9. The Balaban J connectivity index is 1.80. The van der Waals surface area contributed by atoms with Gasteiger partial charge in [-0.2, -0.15) is 0 Å². The quantitative estimate of drug-likeness (QED) is 0.0225. The van der Waals surface area contributed by atoms with Gasteiger partial charge in [0, 0.05) is 6.42 Å². The van der Waals surface area contributed by atoms with Crippen molar-refractivity contribution in [2.75, 3.05) is 19.8 Å². The Hall–Kier alpha value is -1.53. The summed E-state index contributed by atoms with van der Waals surface area (Å²) in [7, 11) is 0. The van der Waals surface area contributed by atoms with Gasteiger partial charge in [0.15, 0.2) is 12.6 Å². The number of carbonyl (C=O) groups excluding carboxylic acids is 1. The van der Waals surface area contributed by atoms with Gasteiger partial charge in [-0.25, -0.2) is 0 Å². The van der Waals surface area contributed by atoms with E-state index >= 15 is 0 Å². The summed E-state index contributed by atoms with van der Waals surface area (Å²) >= 11 is 0. The molecule has 12 atom stereocenters. The number of aliphatic hydroxyl groups excluding tert-OH is 8. The number of carbonyl (C=O) groups is 1. The molecule has 12 unspecified atom stereocenters. The minimum absolute atomic E-state index is 0.212. The summed E-state index contributed by atoms with van der Waals surface area (Å²) in [6, 6.07) is -0.827. The molecule has 65 heavy (non-hydrogen) atoms. The maximum atomic E-state index is 13.2.